The topological polar surface area (TPSA) is 55.1 Å². The molecule has 2 aromatic carbocycles. The lowest BCUT2D eigenvalue weighted by Gasteiger charge is -2.17. The molecule has 1 amide bonds. The van der Waals surface area contributed by atoms with Crippen molar-refractivity contribution < 1.29 is 4.79 Å². The van der Waals surface area contributed by atoms with Crippen molar-refractivity contribution in [2.45, 2.75) is 32.7 Å². The molecule has 0 saturated carbocycles. The van der Waals surface area contributed by atoms with E-state index in [0.29, 0.717) is 6.54 Å². The number of fused-ring (bicyclic) bond motifs is 1. The van der Waals surface area contributed by atoms with E-state index in [9.17, 15) is 4.79 Å². The van der Waals surface area contributed by atoms with Gasteiger partial charge < -0.3 is 11.1 Å². The van der Waals surface area contributed by atoms with Crippen LogP contribution in [0.2, 0.25) is 0 Å². The molecule has 0 aromatic heterocycles. The van der Waals surface area contributed by atoms with Crippen LogP contribution in [0.15, 0.2) is 42.5 Å². The Labute approximate surface area is 126 Å². The van der Waals surface area contributed by atoms with Crippen molar-refractivity contribution in [2.75, 3.05) is 6.54 Å². The Balaban J connectivity index is 1.95. The van der Waals surface area contributed by atoms with Crippen LogP contribution in [0, 0.1) is 5.92 Å². The van der Waals surface area contributed by atoms with Crippen molar-refractivity contribution in [1.82, 2.24) is 5.32 Å². The second-order valence-electron chi connectivity index (χ2n) is 5.59. The number of amides is 1. The fraction of sp³-hybridized carbons (Fsp3) is 0.389. The average molecular weight is 284 g/mol. The molecule has 0 saturated heterocycles. The largest absolute Gasteiger partial charge is 0.354 e. The third-order valence-electron chi connectivity index (χ3n) is 4.13. The van der Waals surface area contributed by atoms with E-state index < -0.39 is 6.04 Å². The van der Waals surface area contributed by atoms with Gasteiger partial charge in [-0.05, 0) is 28.7 Å². The molecule has 0 aliphatic carbocycles. The van der Waals surface area contributed by atoms with Crippen LogP contribution in [0.4, 0.5) is 0 Å². The first kappa shape index (κ1) is 15.5. The second-order valence-corrected chi connectivity index (χ2v) is 5.59. The molecule has 3 N–H and O–H groups in total. The molecule has 0 bridgehead atoms. The van der Waals surface area contributed by atoms with E-state index in [2.05, 4.69) is 35.6 Å². The van der Waals surface area contributed by atoms with Crippen molar-refractivity contribution in [3.05, 3.63) is 48.0 Å². The summed E-state index contributed by atoms with van der Waals surface area (Å²) in [7, 11) is 0. The molecule has 0 spiro atoms. The molecule has 2 atom stereocenters. The summed E-state index contributed by atoms with van der Waals surface area (Å²) < 4.78 is 0. The van der Waals surface area contributed by atoms with Gasteiger partial charge in [-0.25, -0.2) is 0 Å². The molecule has 3 nitrogen and oxygen atoms in total. The maximum atomic E-state index is 12.0. The van der Waals surface area contributed by atoms with Gasteiger partial charge in [0.05, 0.1) is 6.04 Å². The van der Waals surface area contributed by atoms with Crippen LogP contribution >= 0.6 is 0 Å². The third-order valence-corrected chi connectivity index (χ3v) is 4.13. The quantitative estimate of drug-likeness (QED) is 0.857. The number of hydrogen-bond donors (Lipinski definition) is 2. The van der Waals surface area contributed by atoms with Crippen LogP contribution < -0.4 is 11.1 Å². The molecule has 0 fully saturated rings. The van der Waals surface area contributed by atoms with E-state index in [0.717, 1.165) is 12.8 Å². The van der Waals surface area contributed by atoms with Gasteiger partial charge in [0.2, 0.25) is 5.91 Å². The molecule has 2 aromatic rings. The van der Waals surface area contributed by atoms with E-state index in [1.807, 2.05) is 26.0 Å². The number of nitrogens with one attached hydrogen (secondary N) is 1. The molecule has 0 radical (unpaired) electrons. The van der Waals surface area contributed by atoms with E-state index in [4.69, 9.17) is 5.73 Å². The monoisotopic (exact) mass is 284 g/mol. The zero-order valence-electron chi connectivity index (χ0n) is 12.8. The van der Waals surface area contributed by atoms with Gasteiger partial charge in [0.15, 0.2) is 0 Å². The Kier molecular flexibility index (Phi) is 5.34. The predicted molar refractivity (Wildman–Crippen MR) is 88.1 cm³/mol. The number of carbonyl (C=O) groups excluding carboxylic acids is 1. The smallest absolute Gasteiger partial charge is 0.237 e. The van der Waals surface area contributed by atoms with Crippen LogP contribution in [0.25, 0.3) is 10.8 Å². The Morgan fingerprint density at radius 2 is 1.90 bits per heavy atom. The Bertz CT molecular complexity index is 604. The number of carbonyl (C=O) groups is 1. The number of nitrogens with two attached hydrogens (primary N) is 1. The molecular weight excluding hydrogens is 260 g/mol. The molecule has 3 heteroatoms. The average Bonchev–Trinajstić information content (AvgIpc) is 2.53. The van der Waals surface area contributed by atoms with Crippen LogP contribution in [-0.2, 0) is 11.2 Å². The maximum absolute atomic E-state index is 12.0. The highest BCUT2D eigenvalue weighted by Gasteiger charge is 2.18. The molecule has 0 aliphatic rings. The standard InChI is InChI=1S/C18H24N2O/c1-3-13(2)17(19)18(21)20-12-11-15-9-6-8-14-7-4-5-10-16(14)15/h4-10,13,17H,3,11-12,19H2,1-2H3,(H,20,21). The first-order chi connectivity index (χ1) is 10.1. The van der Waals surface area contributed by atoms with E-state index in [1.54, 1.807) is 0 Å². The van der Waals surface area contributed by atoms with Crippen LogP contribution in [-0.4, -0.2) is 18.5 Å². The van der Waals surface area contributed by atoms with E-state index >= 15 is 0 Å². The zero-order valence-corrected chi connectivity index (χ0v) is 12.8. The zero-order chi connectivity index (χ0) is 15.2. The first-order valence-corrected chi connectivity index (χ1v) is 7.63. The Morgan fingerprint density at radius 3 is 2.67 bits per heavy atom. The van der Waals surface area contributed by atoms with Gasteiger partial charge in [-0.2, -0.15) is 0 Å². The Morgan fingerprint density at radius 1 is 1.19 bits per heavy atom. The number of benzene rings is 2. The highest BCUT2D eigenvalue weighted by atomic mass is 16.2. The van der Waals surface area contributed by atoms with Crippen LogP contribution in [0.5, 0.6) is 0 Å². The van der Waals surface area contributed by atoms with Crippen molar-refractivity contribution in [2.24, 2.45) is 11.7 Å². The molecule has 0 heterocycles. The first-order valence-electron chi connectivity index (χ1n) is 7.63. The molecule has 112 valence electrons. The SMILES string of the molecule is CCC(C)C(N)C(=O)NCCc1cccc2ccccc12. The summed E-state index contributed by atoms with van der Waals surface area (Å²) in [4.78, 5) is 12.0. The fourth-order valence-electron chi connectivity index (χ4n) is 2.46. The third kappa shape index (κ3) is 3.82. The second kappa shape index (κ2) is 7.23. The number of rotatable bonds is 6. The summed E-state index contributed by atoms with van der Waals surface area (Å²) in [6, 6.07) is 14.2. The van der Waals surface area contributed by atoms with Crippen molar-refractivity contribution in [3.63, 3.8) is 0 Å². The van der Waals surface area contributed by atoms with E-state index in [-0.39, 0.29) is 11.8 Å². The van der Waals surface area contributed by atoms with Gasteiger partial charge >= 0.3 is 0 Å². The lowest BCUT2D eigenvalue weighted by Crippen LogP contribution is -2.45. The van der Waals surface area contributed by atoms with Gasteiger partial charge in [0, 0.05) is 6.54 Å². The minimum atomic E-state index is -0.414. The number of hydrogen-bond acceptors (Lipinski definition) is 2. The summed E-state index contributed by atoms with van der Waals surface area (Å²) in [5.41, 5.74) is 7.18. The summed E-state index contributed by atoms with van der Waals surface area (Å²) >= 11 is 0. The minimum Gasteiger partial charge on any atom is -0.354 e. The lowest BCUT2D eigenvalue weighted by molar-refractivity contribution is -0.123. The highest BCUT2D eigenvalue weighted by molar-refractivity contribution is 5.86. The molecule has 0 aliphatic heterocycles. The summed E-state index contributed by atoms with van der Waals surface area (Å²) in [6.45, 7) is 4.68. The molecule has 21 heavy (non-hydrogen) atoms. The van der Waals surface area contributed by atoms with E-state index in [1.165, 1.54) is 16.3 Å². The maximum Gasteiger partial charge on any atom is 0.237 e. The Hall–Kier alpha value is -1.87. The van der Waals surface area contributed by atoms with Crippen LogP contribution in [0.1, 0.15) is 25.8 Å². The summed E-state index contributed by atoms with van der Waals surface area (Å²) in [6.07, 6.45) is 1.73. The van der Waals surface area contributed by atoms with Gasteiger partial charge in [0.25, 0.3) is 0 Å². The molecular formula is C18H24N2O. The van der Waals surface area contributed by atoms with Gasteiger partial charge in [0.1, 0.15) is 0 Å². The normalized spacial score (nSPS) is 13.9. The van der Waals surface area contributed by atoms with Gasteiger partial charge in [-0.1, -0.05) is 62.7 Å². The lowest BCUT2D eigenvalue weighted by atomic mass is 9.99. The summed E-state index contributed by atoms with van der Waals surface area (Å²) in [5, 5.41) is 5.43. The van der Waals surface area contributed by atoms with Crippen molar-refractivity contribution >= 4 is 16.7 Å². The fourth-order valence-corrected chi connectivity index (χ4v) is 2.46. The predicted octanol–water partition coefficient (Wildman–Crippen LogP) is 2.87. The minimum absolute atomic E-state index is 0.0513. The highest BCUT2D eigenvalue weighted by Crippen LogP contribution is 2.18. The van der Waals surface area contributed by atoms with Crippen LogP contribution in [0.3, 0.4) is 0 Å². The van der Waals surface area contributed by atoms with Crippen molar-refractivity contribution in [1.29, 1.82) is 0 Å². The van der Waals surface area contributed by atoms with Gasteiger partial charge in [-0.3, -0.25) is 4.79 Å². The molecule has 2 unspecified atom stereocenters. The van der Waals surface area contributed by atoms with Gasteiger partial charge in [-0.15, -0.1) is 0 Å². The summed E-state index contributed by atoms with van der Waals surface area (Å²) in [5.74, 6) is 0.159. The molecule has 2 rings (SSSR count). The van der Waals surface area contributed by atoms with Crippen molar-refractivity contribution in [3.8, 4) is 0 Å².